The molecule has 0 saturated heterocycles. The first-order chi connectivity index (χ1) is 13.4. The van der Waals surface area contributed by atoms with Gasteiger partial charge in [-0.1, -0.05) is 74.6 Å². The van der Waals surface area contributed by atoms with Crippen molar-refractivity contribution in [2.45, 2.75) is 18.6 Å². The van der Waals surface area contributed by atoms with Crippen LogP contribution in [0.3, 0.4) is 0 Å². The van der Waals surface area contributed by atoms with Crippen LogP contribution in [0.1, 0.15) is 6.92 Å². The average molecular weight is 521 g/mol. The van der Waals surface area contributed by atoms with E-state index in [9.17, 15) is 4.79 Å². The van der Waals surface area contributed by atoms with E-state index in [0.717, 1.165) is 15.9 Å². The van der Waals surface area contributed by atoms with E-state index < -0.39 is 0 Å². The molecule has 0 aliphatic rings. The van der Waals surface area contributed by atoms with Crippen LogP contribution in [0.5, 0.6) is 0 Å². The molecule has 5 nitrogen and oxygen atoms in total. The molecule has 1 heterocycles. The number of rotatable bonds is 6. The first kappa shape index (κ1) is 21.5. The van der Waals surface area contributed by atoms with Gasteiger partial charge < -0.3 is 9.88 Å². The number of halogens is 4. The Hall–Kier alpha value is -1.25. The number of carbonyl (C=O) groups is 1. The Kier molecular flexibility index (Phi) is 7.28. The van der Waals surface area contributed by atoms with Crippen molar-refractivity contribution in [3.05, 3.63) is 55.9 Å². The van der Waals surface area contributed by atoms with Crippen LogP contribution in [-0.2, 0) is 11.3 Å². The Morgan fingerprint density at radius 2 is 1.79 bits per heavy atom. The van der Waals surface area contributed by atoms with Gasteiger partial charge in [-0.3, -0.25) is 4.79 Å². The van der Waals surface area contributed by atoms with Crippen molar-refractivity contribution in [1.82, 2.24) is 14.8 Å². The third-order valence-electron chi connectivity index (χ3n) is 3.75. The number of hydrogen-bond acceptors (Lipinski definition) is 4. The summed E-state index contributed by atoms with van der Waals surface area (Å²) >= 11 is 22.7. The lowest BCUT2D eigenvalue weighted by atomic mass is 10.2. The molecule has 1 N–H and O–H groups in total. The summed E-state index contributed by atoms with van der Waals surface area (Å²) in [6, 6.07) is 10.8. The van der Waals surface area contributed by atoms with Crippen molar-refractivity contribution in [3.8, 4) is 11.4 Å². The third kappa shape index (κ3) is 5.02. The average Bonchev–Trinajstić information content (AvgIpc) is 3.08. The summed E-state index contributed by atoms with van der Waals surface area (Å²) < 4.78 is 2.96. The van der Waals surface area contributed by atoms with Crippen LogP contribution >= 0.6 is 62.5 Å². The number of nitrogens with one attached hydrogen (secondary N) is 1. The fourth-order valence-electron chi connectivity index (χ4n) is 2.43. The molecular weight excluding hydrogens is 507 g/mol. The number of hydrogen-bond donors (Lipinski definition) is 1. The zero-order chi connectivity index (χ0) is 20.3. The van der Waals surface area contributed by atoms with Gasteiger partial charge in [-0.15, -0.1) is 10.2 Å². The van der Waals surface area contributed by atoms with E-state index in [-0.39, 0.29) is 11.7 Å². The number of benzene rings is 2. The Morgan fingerprint density at radius 1 is 1.11 bits per heavy atom. The maximum atomic E-state index is 12.3. The van der Waals surface area contributed by atoms with Crippen LogP contribution < -0.4 is 5.32 Å². The molecule has 2 aromatic carbocycles. The molecule has 146 valence electrons. The van der Waals surface area contributed by atoms with Gasteiger partial charge in [0.15, 0.2) is 11.0 Å². The molecule has 0 unspecified atom stereocenters. The maximum Gasteiger partial charge on any atom is 0.234 e. The molecule has 0 spiro atoms. The van der Waals surface area contributed by atoms with Crippen LogP contribution in [0.2, 0.25) is 15.1 Å². The van der Waals surface area contributed by atoms with Crippen molar-refractivity contribution < 1.29 is 4.79 Å². The van der Waals surface area contributed by atoms with Crippen molar-refractivity contribution >= 4 is 74.1 Å². The number of amides is 1. The van der Waals surface area contributed by atoms with E-state index >= 15 is 0 Å². The maximum absolute atomic E-state index is 12.3. The smallest absolute Gasteiger partial charge is 0.234 e. The number of thioether (sulfide) groups is 1. The topological polar surface area (TPSA) is 59.8 Å². The molecule has 3 rings (SSSR count). The zero-order valence-corrected chi connectivity index (χ0v) is 19.2. The Labute approximate surface area is 189 Å². The first-order valence-corrected chi connectivity index (χ1v) is 11.1. The van der Waals surface area contributed by atoms with E-state index in [2.05, 4.69) is 31.4 Å². The predicted molar refractivity (Wildman–Crippen MR) is 120 cm³/mol. The molecule has 1 aromatic heterocycles. The largest absolute Gasteiger partial charge is 0.324 e. The van der Waals surface area contributed by atoms with Gasteiger partial charge in [-0.2, -0.15) is 0 Å². The van der Waals surface area contributed by atoms with Crippen molar-refractivity contribution in [2.75, 3.05) is 11.1 Å². The summed E-state index contributed by atoms with van der Waals surface area (Å²) in [4.78, 5) is 12.3. The van der Waals surface area contributed by atoms with Crippen LogP contribution in [0, 0.1) is 0 Å². The number of aromatic nitrogens is 3. The molecule has 0 saturated carbocycles. The summed E-state index contributed by atoms with van der Waals surface area (Å²) in [5, 5.41) is 12.9. The molecule has 0 atom stereocenters. The van der Waals surface area contributed by atoms with Gasteiger partial charge in [0.25, 0.3) is 0 Å². The minimum atomic E-state index is -0.235. The highest BCUT2D eigenvalue weighted by molar-refractivity contribution is 9.10. The summed E-state index contributed by atoms with van der Waals surface area (Å²) in [5.41, 5.74) is 1.37. The highest BCUT2D eigenvalue weighted by atomic mass is 79.9. The quantitative estimate of drug-likeness (QED) is 0.301. The van der Waals surface area contributed by atoms with Gasteiger partial charge in [0.1, 0.15) is 0 Å². The van der Waals surface area contributed by atoms with E-state index in [1.54, 1.807) is 0 Å². The van der Waals surface area contributed by atoms with E-state index in [4.69, 9.17) is 34.8 Å². The summed E-state index contributed by atoms with van der Waals surface area (Å²) in [5.74, 6) is 0.668. The summed E-state index contributed by atoms with van der Waals surface area (Å²) in [6.45, 7) is 2.69. The molecular formula is C18H14BrCl3N4OS. The summed E-state index contributed by atoms with van der Waals surface area (Å²) in [7, 11) is 0. The zero-order valence-electron chi connectivity index (χ0n) is 14.5. The summed E-state index contributed by atoms with van der Waals surface area (Å²) in [6.07, 6.45) is 0. The van der Waals surface area contributed by atoms with Gasteiger partial charge in [0.2, 0.25) is 5.91 Å². The Morgan fingerprint density at radius 3 is 2.46 bits per heavy atom. The lowest BCUT2D eigenvalue weighted by Crippen LogP contribution is -2.15. The van der Waals surface area contributed by atoms with Crippen LogP contribution in [0.25, 0.3) is 11.4 Å². The lowest BCUT2D eigenvalue weighted by molar-refractivity contribution is -0.113. The molecule has 1 amide bonds. The van der Waals surface area contributed by atoms with Crippen LogP contribution in [0.4, 0.5) is 5.69 Å². The third-order valence-corrected chi connectivity index (χ3v) is 6.28. The Balaban J connectivity index is 1.70. The monoisotopic (exact) mass is 518 g/mol. The number of carbonyl (C=O) groups excluding carboxylic acids is 1. The standard InChI is InChI=1S/C18H14BrCl3N4OS/c1-2-26-17(10-3-5-11(19)6-4-10)24-25-18(26)28-9-16(27)23-15-8-13(21)12(20)7-14(15)22/h3-8H,2,9H2,1H3,(H,23,27). The van der Waals surface area contributed by atoms with Crippen molar-refractivity contribution in [1.29, 1.82) is 0 Å². The first-order valence-electron chi connectivity index (χ1n) is 8.15. The second-order valence-corrected chi connectivity index (χ2v) is 8.72. The normalized spacial score (nSPS) is 10.9. The second kappa shape index (κ2) is 9.50. The molecule has 0 radical (unpaired) electrons. The second-order valence-electron chi connectivity index (χ2n) is 5.64. The lowest BCUT2D eigenvalue weighted by Gasteiger charge is -2.09. The predicted octanol–water partition coefficient (Wildman–Crippen LogP) is 6.42. The van der Waals surface area contributed by atoms with Gasteiger partial charge in [0.05, 0.1) is 26.5 Å². The fraction of sp³-hybridized carbons (Fsp3) is 0.167. The van der Waals surface area contributed by atoms with E-state index in [0.29, 0.717) is 32.5 Å². The van der Waals surface area contributed by atoms with Crippen molar-refractivity contribution in [3.63, 3.8) is 0 Å². The molecule has 28 heavy (non-hydrogen) atoms. The van der Waals surface area contributed by atoms with Crippen LogP contribution in [-0.4, -0.2) is 26.4 Å². The Bertz CT molecular complexity index is 1010. The minimum absolute atomic E-state index is 0.148. The van der Waals surface area contributed by atoms with Gasteiger partial charge in [-0.25, -0.2) is 0 Å². The molecule has 0 bridgehead atoms. The highest BCUT2D eigenvalue weighted by Gasteiger charge is 2.15. The molecule has 10 heteroatoms. The molecule has 3 aromatic rings. The number of nitrogens with zero attached hydrogens (tertiary/aromatic N) is 3. The van der Waals surface area contributed by atoms with Gasteiger partial charge >= 0.3 is 0 Å². The van der Waals surface area contributed by atoms with E-state index in [1.807, 2.05) is 35.8 Å². The SMILES string of the molecule is CCn1c(SCC(=O)Nc2cc(Cl)c(Cl)cc2Cl)nnc1-c1ccc(Br)cc1. The molecule has 0 aliphatic carbocycles. The highest BCUT2D eigenvalue weighted by Crippen LogP contribution is 2.32. The van der Waals surface area contributed by atoms with E-state index in [1.165, 1.54) is 23.9 Å². The van der Waals surface area contributed by atoms with Crippen molar-refractivity contribution in [2.24, 2.45) is 0 Å². The molecule has 0 fully saturated rings. The van der Waals surface area contributed by atoms with Gasteiger partial charge in [0, 0.05) is 16.6 Å². The number of anilines is 1. The van der Waals surface area contributed by atoms with Crippen LogP contribution in [0.15, 0.2) is 46.0 Å². The van der Waals surface area contributed by atoms with Gasteiger partial charge in [-0.05, 0) is 31.2 Å². The fourth-order valence-corrected chi connectivity index (χ4v) is 4.09. The molecule has 0 aliphatic heterocycles. The minimum Gasteiger partial charge on any atom is -0.324 e.